The molecule has 2 aliphatic rings. The Labute approximate surface area is 109 Å². The molecule has 2 aliphatic heterocycles. The number of amides is 1. The highest BCUT2D eigenvalue weighted by atomic mass is 16.5. The van der Waals surface area contributed by atoms with E-state index in [-0.39, 0.29) is 18.1 Å². The Bertz CT molecular complexity index is 277. The zero-order valence-corrected chi connectivity index (χ0v) is 11.3. The van der Waals surface area contributed by atoms with Gasteiger partial charge in [-0.3, -0.25) is 4.79 Å². The van der Waals surface area contributed by atoms with Gasteiger partial charge in [-0.25, -0.2) is 0 Å². The molecule has 104 valence electrons. The quantitative estimate of drug-likeness (QED) is 0.771. The Morgan fingerprint density at radius 3 is 2.78 bits per heavy atom. The van der Waals surface area contributed by atoms with E-state index in [9.17, 15) is 4.79 Å². The van der Waals surface area contributed by atoms with Crippen molar-refractivity contribution in [1.29, 1.82) is 0 Å². The predicted molar refractivity (Wildman–Crippen MR) is 70.3 cm³/mol. The van der Waals surface area contributed by atoms with Gasteiger partial charge in [-0.15, -0.1) is 0 Å². The van der Waals surface area contributed by atoms with E-state index in [4.69, 9.17) is 10.5 Å². The maximum atomic E-state index is 12.1. The van der Waals surface area contributed by atoms with Gasteiger partial charge in [0.1, 0.15) is 0 Å². The van der Waals surface area contributed by atoms with Crippen LogP contribution in [0.2, 0.25) is 0 Å². The number of nitrogens with two attached hydrogens (primary N) is 1. The van der Waals surface area contributed by atoms with Crippen molar-refractivity contribution in [2.24, 2.45) is 5.73 Å². The Morgan fingerprint density at radius 1 is 1.39 bits per heavy atom. The monoisotopic (exact) mass is 255 g/mol. The minimum Gasteiger partial charge on any atom is -0.373 e. The average molecular weight is 255 g/mol. The zero-order chi connectivity index (χ0) is 13.0. The molecule has 0 aromatic heterocycles. The molecular weight excluding hydrogens is 230 g/mol. The summed E-state index contributed by atoms with van der Waals surface area (Å²) in [6.07, 6.45) is 3.18. The molecule has 18 heavy (non-hydrogen) atoms. The molecule has 0 aromatic rings. The van der Waals surface area contributed by atoms with Crippen molar-refractivity contribution >= 4 is 5.91 Å². The van der Waals surface area contributed by atoms with Crippen LogP contribution in [0.1, 0.15) is 26.2 Å². The van der Waals surface area contributed by atoms with Crippen LogP contribution in [0.3, 0.4) is 0 Å². The molecule has 2 atom stereocenters. The zero-order valence-electron chi connectivity index (χ0n) is 11.3. The van der Waals surface area contributed by atoms with Crippen molar-refractivity contribution in [2.75, 3.05) is 39.3 Å². The average Bonchev–Trinajstić information content (AvgIpc) is 2.89. The van der Waals surface area contributed by atoms with Crippen molar-refractivity contribution in [3.05, 3.63) is 0 Å². The van der Waals surface area contributed by atoms with Gasteiger partial charge in [0.2, 0.25) is 5.91 Å². The van der Waals surface area contributed by atoms with E-state index in [1.54, 1.807) is 0 Å². The molecule has 2 heterocycles. The van der Waals surface area contributed by atoms with Gasteiger partial charge in [0.25, 0.3) is 0 Å². The first-order chi connectivity index (χ1) is 8.66. The van der Waals surface area contributed by atoms with E-state index in [1.807, 2.05) is 11.8 Å². The second-order valence-corrected chi connectivity index (χ2v) is 5.41. The van der Waals surface area contributed by atoms with Gasteiger partial charge in [0.15, 0.2) is 0 Å². The fraction of sp³-hybridized carbons (Fsp3) is 0.923. The second-order valence-electron chi connectivity index (χ2n) is 5.41. The van der Waals surface area contributed by atoms with E-state index in [0.29, 0.717) is 26.1 Å². The number of carbonyl (C=O) groups is 1. The van der Waals surface area contributed by atoms with Gasteiger partial charge in [-0.2, -0.15) is 0 Å². The molecule has 2 N–H and O–H groups in total. The molecule has 0 bridgehead atoms. The van der Waals surface area contributed by atoms with Gasteiger partial charge in [-0.05, 0) is 32.9 Å². The van der Waals surface area contributed by atoms with E-state index in [1.165, 1.54) is 12.8 Å². The minimum atomic E-state index is -0.0146. The molecule has 2 saturated heterocycles. The molecule has 2 fully saturated rings. The third-order valence-corrected chi connectivity index (χ3v) is 3.87. The van der Waals surface area contributed by atoms with Crippen molar-refractivity contribution in [3.8, 4) is 0 Å². The summed E-state index contributed by atoms with van der Waals surface area (Å²) < 4.78 is 5.57. The number of rotatable bonds is 4. The van der Waals surface area contributed by atoms with Gasteiger partial charge in [-0.1, -0.05) is 0 Å². The van der Waals surface area contributed by atoms with E-state index >= 15 is 0 Å². The highest BCUT2D eigenvalue weighted by Gasteiger charge is 2.26. The van der Waals surface area contributed by atoms with E-state index in [0.717, 1.165) is 19.6 Å². The van der Waals surface area contributed by atoms with Crippen molar-refractivity contribution in [3.63, 3.8) is 0 Å². The van der Waals surface area contributed by atoms with Crippen LogP contribution >= 0.6 is 0 Å². The number of carbonyl (C=O) groups excluding carboxylic acids is 1. The Morgan fingerprint density at radius 2 is 2.11 bits per heavy atom. The predicted octanol–water partition coefficient (Wildman–Crippen LogP) is 0.0469. The summed E-state index contributed by atoms with van der Waals surface area (Å²) >= 11 is 0. The molecular formula is C13H25N3O2. The lowest BCUT2D eigenvalue weighted by Gasteiger charge is -2.35. The van der Waals surface area contributed by atoms with Gasteiger partial charge in [0.05, 0.1) is 12.7 Å². The molecule has 5 nitrogen and oxygen atoms in total. The lowest BCUT2D eigenvalue weighted by molar-refractivity contribution is -0.139. The first kappa shape index (κ1) is 13.8. The van der Waals surface area contributed by atoms with Crippen molar-refractivity contribution in [1.82, 2.24) is 9.80 Å². The maximum Gasteiger partial charge on any atom is 0.224 e. The Kier molecular flexibility index (Phi) is 4.97. The Hall–Kier alpha value is -0.650. The summed E-state index contributed by atoms with van der Waals surface area (Å²) in [4.78, 5) is 16.4. The molecule has 1 amide bonds. The number of likely N-dealkylation sites (tertiary alicyclic amines) is 1. The minimum absolute atomic E-state index is 0.00510. The normalized spacial score (nSPS) is 27.4. The van der Waals surface area contributed by atoms with Crippen LogP contribution in [0.15, 0.2) is 0 Å². The topological polar surface area (TPSA) is 58.8 Å². The fourth-order valence-corrected chi connectivity index (χ4v) is 2.64. The smallest absolute Gasteiger partial charge is 0.224 e. The molecule has 2 rings (SSSR count). The second kappa shape index (κ2) is 6.50. The maximum absolute atomic E-state index is 12.1. The first-order valence-corrected chi connectivity index (χ1v) is 7.04. The molecule has 0 aliphatic carbocycles. The highest BCUT2D eigenvalue weighted by Crippen LogP contribution is 2.11. The van der Waals surface area contributed by atoms with E-state index < -0.39 is 0 Å². The number of nitrogens with zero attached hydrogens (tertiary/aromatic N) is 2. The Balaban J connectivity index is 1.73. The summed E-state index contributed by atoms with van der Waals surface area (Å²) in [7, 11) is 0. The van der Waals surface area contributed by atoms with Crippen LogP contribution in [-0.2, 0) is 9.53 Å². The SMILES string of the molecule is CC(N)C1CN(C(=O)CCN2CCCC2)CCO1. The summed E-state index contributed by atoms with van der Waals surface area (Å²) in [5.74, 6) is 0.246. The van der Waals surface area contributed by atoms with Crippen LogP contribution in [0, 0.1) is 0 Å². The molecule has 5 heteroatoms. The lowest BCUT2D eigenvalue weighted by atomic mass is 10.1. The largest absolute Gasteiger partial charge is 0.373 e. The number of hydrogen-bond acceptors (Lipinski definition) is 4. The fourth-order valence-electron chi connectivity index (χ4n) is 2.64. The summed E-state index contributed by atoms with van der Waals surface area (Å²) in [5.41, 5.74) is 5.83. The number of hydrogen-bond donors (Lipinski definition) is 1. The van der Waals surface area contributed by atoms with Crippen LogP contribution in [0.4, 0.5) is 0 Å². The van der Waals surface area contributed by atoms with E-state index in [2.05, 4.69) is 4.90 Å². The molecule has 0 spiro atoms. The molecule has 2 unspecified atom stereocenters. The van der Waals surface area contributed by atoms with Crippen LogP contribution in [0.25, 0.3) is 0 Å². The van der Waals surface area contributed by atoms with Crippen molar-refractivity contribution < 1.29 is 9.53 Å². The van der Waals surface area contributed by atoms with Crippen LogP contribution in [0.5, 0.6) is 0 Å². The third-order valence-electron chi connectivity index (χ3n) is 3.87. The number of morpholine rings is 1. The lowest BCUT2D eigenvalue weighted by Crippen LogP contribution is -2.51. The standard InChI is InChI=1S/C13H25N3O2/c1-11(14)12-10-16(8-9-18-12)13(17)4-7-15-5-2-3-6-15/h11-12H,2-10,14H2,1H3. The van der Waals surface area contributed by atoms with Gasteiger partial charge in [0, 0.05) is 32.1 Å². The molecule has 0 radical (unpaired) electrons. The van der Waals surface area contributed by atoms with Crippen molar-refractivity contribution in [2.45, 2.75) is 38.3 Å². The van der Waals surface area contributed by atoms with Gasteiger partial charge < -0.3 is 20.3 Å². The summed E-state index contributed by atoms with van der Waals surface area (Å²) in [6.45, 7) is 7.11. The first-order valence-electron chi connectivity index (χ1n) is 7.04. The summed E-state index contributed by atoms with van der Waals surface area (Å²) in [6, 6.07) is -0.0146. The molecule has 0 saturated carbocycles. The van der Waals surface area contributed by atoms with Crippen LogP contribution in [-0.4, -0.2) is 67.2 Å². The van der Waals surface area contributed by atoms with Gasteiger partial charge >= 0.3 is 0 Å². The third kappa shape index (κ3) is 3.67. The molecule has 0 aromatic carbocycles. The summed E-state index contributed by atoms with van der Waals surface area (Å²) in [5, 5.41) is 0. The number of ether oxygens (including phenoxy) is 1. The highest BCUT2D eigenvalue weighted by molar-refractivity contribution is 5.76. The van der Waals surface area contributed by atoms with Crippen LogP contribution < -0.4 is 5.73 Å².